The summed E-state index contributed by atoms with van der Waals surface area (Å²) >= 11 is 0. The molecule has 82 valence electrons. The van der Waals surface area contributed by atoms with Crippen molar-refractivity contribution in [2.45, 2.75) is 30.7 Å². The topological polar surface area (TPSA) is 99.4 Å². The van der Waals surface area contributed by atoms with Crippen LogP contribution in [0.2, 0.25) is 0 Å². The molecule has 0 spiro atoms. The molecule has 5 atom stereocenters. The van der Waals surface area contributed by atoms with Crippen LogP contribution in [0.3, 0.4) is 0 Å². The molecular formula is C8H14O6. The van der Waals surface area contributed by atoms with Crippen molar-refractivity contribution >= 4 is 0 Å². The largest absolute Gasteiger partial charge is 0.470 e. The van der Waals surface area contributed by atoms with Crippen LogP contribution in [-0.4, -0.2) is 57.7 Å². The molecule has 14 heavy (non-hydrogen) atoms. The maximum Gasteiger partial charge on any atom is 0.228 e. The van der Waals surface area contributed by atoms with Crippen LogP contribution in [0.4, 0.5) is 0 Å². The molecule has 0 saturated carbocycles. The van der Waals surface area contributed by atoms with Crippen LogP contribution >= 0.6 is 0 Å². The fourth-order valence-corrected chi connectivity index (χ4v) is 1.27. The van der Waals surface area contributed by atoms with E-state index in [2.05, 4.69) is 6.58 Å². The van der Waals surface area contributed by atoms with Crippen molar-refractivity contribution in [1.82, 2.24) is 0 Å². The van der Waals surface area contributed by atoms with Gasteiger partial charge in [-0.05, 0) is 0 Å². The van der Waals surface area contributed by atoms with Crippen LogP contribution < -0.4 is 0 Å². The van der Waals surface area contributed by atoms with Gasteiger partial charge in [0.2, 0.25) is 6.29 Å². The van der Waals surface area contributed by atoms with Gasteiger partial charge in [0.25, 0.3) is 0 Å². The van der Waals surface area contributed by atoms with Gasteiger partial charge in [-0.15, -0.1) is 0 Å². The van der Waals surface area contributed by atoms with Gasteiger partial charge in [0.15, 0.2) is 0 Å². The lowest BCUT2D eigenvalue weighted by atomic mass is 9.99. The zero-order chi connectivity index (χ0) is 10.7. The molecule has 0 aliphatic carbocycles. The second-order valence-electron chi connectivity index (χ2n) is 3.00. The van der Waals surface area contributed by atoms with Crippen molar-refractivity contribution in [3.05, 3.63) is 12.8 Å². The lowest BCUT2D eigenvalue weighted by molar-refractivity contribution is -0.287. The second kappa shape index (κ2) is 4.72. The highest BCUT2D eigenvalue weighted by molar-refractivity contribution is 4.89. The van der Waals surface area contributed by atoms with Crippen molar-refractivity contribution in [3.63, 3.8) is 0 Å². The third-order valence-electron chi connectivity index (χ3n) is 2.08. The molecule has 1 unspecified atom stereocenters. The van der Waals surface area contributed by atoms with E-state index in [9.17, 15) is 15.3 Å². The fraction of sp³-hybridized carbons (Fsp3) is 0.750. The van der Waals surface area contributed by atoms with Gasteiger partial charge in [-0.2, -0.15) is 0 Å². The lowest BCUT2D eigenvalue weighted by Gasteiger charge is -2.38. The van der Waals surface area contributed by atoms with E-state index in [-0.39, 0.29) is 0 Å². The van der Waals surface area contributed by atoms with E-state index in [0.29, 0.717) is 0 Å². The molecule has 0 amide bonds. The summed E-state index contributed by atoms with van der Waals surface area (Å²) in [5.41, 5.74) is 0. The first-order valence-corrected chi connectivity index (χ1v) is 4.18. The summed E-state index contributed by atoms with van der Waals surface area (Å²) in [6, 6.07) is 0. The Balaban J connectivity index is 2.67. The van der Waals surface area contributed by atoms with Crippen LogP contribution in [0, 0.1) is 0 Å². The van der Waals surface area contributed by atoms with Crippen LogP contribution in [0.15, 0.2) is 12.8 Å². The summed E-state index contributed by atoms with van der Waals surface area (Å²) < 4.78 is 9.72. The van der Waals surface area contributed by atoms with E-state index < -0.39 is 37.3 Å². The summed E-state index contributed by atoms with van der Waals surface area (Å²) in [5.74, 6) is 0. The SMILES string of the molecule is C=COC1O[C@H](CO)[C@@H](O)[C@H](O)[C@@H]1O. The zero-order valence-electron chi connectivity index (χ0n) is 7.48. The molecule has 1 aliphatic rings. The molecule has 0 aromatic heterocycles. The van der Waals surface area contributed by atoms with Crippen LogP contribution in [0.5, 0.6) is 0 Å². The van der Waals surface area contributed by atoms with E-state index in [0.717, 1.165) is 6.26 Å². The Morgan fingerprint density at radius 3 is 2.36 bits per heavy atom. The minimum Gasteiger partial charge on any atom is -0.470 e. The van der Waals surface area contributed by atoms with Gasteiger partial charge in [-0.3, -0.25) is 0 Å². The van der Waals surface area contributed by atoms with Crippen molar-refractivity contribution in [2.24, 2.45) is 0 Å². The summed E-state index contributed by atoms with van der Waals surface area (Å²) in [6.07, 6.45) is -5.16. The maximum absolute atomic E-state index is 9.36. The minimum atomic E-state index is -1.41. The van der Waals surface area contributed by atoms with Gasteiger partial charge < -0.3 is 29.9 Å². The monoisotopic (exact) mass is 206 g/mol. The highest BCUT2D eigenvalue weighted by Gasteiger charge is 2.44. The quantitative estimate of drug-likeness (QED) is 0.396. The summed E-state index contributed by atoms with van der Waals surface area (Å²) in [5, 5.41) is 36.8. The van der Waals surface area contributed by atoms with E-state index in [1.165, 1.54) is 0 Å². The third kappa shape index (κ3) is 2.05. The highest BCUT2D eigenvalue weighted by atomic mass is 16.7. The molecule has 6 heteroatoms. The van der Waals surface area contributed by atoms with E-state index >= 15 is 0 Å². The van der Waals surface area contributed by atoms with Crippen LogP contribution in [0.1, 0.15) is 0 Å². The Hall–Kier alpha value is -0.660. The number of ether oxygens (including phenoxy) is 2. The fourth-order valence-electron chi connectivity index (χ4n) is 1.27. The number of rotatable bonds is 3. The van der Waals surface area contributed by atoms with Gasteiger partial charge in [-0.25, -0.2) is 0 Å². The Morgan fingerprint density at radius 1 is 1.21 bits per heavy atom. The molecule has 1 aliphatic heterocycles. The van der Waals surface area contributed by atoms with Crippen molar-refractivity contribution in [1.29, 1.82) is 0 Å². The maximum atomic E-state index is 9.36. The van der Waals surface area contributed by atoms with Crippen molar-refractivity contribution in [2.75, 3.05) is 6.61 Å². The number of hydrogen-bond donors (Lipinski definition) is 4. The predicted molar refractivity (Wildman–Crippen MR) is 45.0 cm³/mol. The first kappa shape index (κ1) is 11.4. The standard InChI is InChI=1S/C8H14O6/c1-2-13-8-7(12)6(11)5(10)4(3-9)14-8/h2,4-12H,1,3H2/t4-,5-,6+,7+,8?/m1/s1. The zero-order valence-corrected chi connectivity index (χ0v) is 7.48. The lowest BCUT2D eigenvalue weighted by Crippen LogP contribution is -2.58. The van der Waals surface area contributed by atoms with E-state index in [4.69, 9.17) is 14.6 Å². The first-order valence-electron chi connectivity index (χ1n) is 4.18. The molecule has 1 rings (SSSR count). The van der Waals surface area contributed by atoms with Crippen LogP contribution in [0.25, 0.3) is 0 Å². The normalized spacial score (nSPS) is 43.3. The van der Waals surface area contributed by atoms with E-state index in [1.54, 1.807) is 0 Å². The van der Waals surface area contributed by atoms with Gasteiger partial charge in [-0.1, -0.05) is 6.58 Å². The Labute approximate surface area is 81.0 Å². The number of aliphatic hydroxyl groups excluding tert-OH is 4. The molecule has 1 heterocycles. The minimum absolute atomic E-state index is 0.470. The van der Waals surface area contributed by atoms with E-state index in [1.807, 2.05) is 0 Å². The smallest absolute Gasteiger partial charge is 0.228 e. The first-order chi connectivity index (χ1) is 6.61. The predicted octanol–water partition coefficient (Wildman–Crippen LogP) is -2.05. The van der Waals surface area contributed by atoms with Gasteiger partial charge in [0.1, 0.15) is 24.4 Å². The molecule has 0 aromatic rings. The molecule has 6 nitrogen and oxygen atoms in total. The second-order valence-corrected chi connectivity index (χ2v) is 3.00. The molecule has 0 aromatic carbocycles. The molecule has 1 saturated heterocycles. The van der Waals surface area contributed by atoms with Crippen molar-refractivity contribution in [3.8, 4) is 0 Å². The van der Waals surface area contributed by atoms with Crippen LogP contribution in [-0.2, 0) is 9.47 Å². The summed E-state index contributed by atoms with van der Waals surface area (Å²) in [4.78, 5) is 0. The molecular weight excluding hydrogens is 192 g/mol. The third-order valence-corrected chi connectivity index (χ3v) is 2.08. The Morgan fingerprint density at radius 2 is 1.86 bits per heavy atom. The van der Waals surface area contributed by atoms with Crippen molar-refractivity contribution < 1.29 is 29.9 Å². The van der Waals surface area contributed by atoms with Gasteiger partial charge in [0.05, 0.1) is 12.9 Å². The number of aliphatic hydroxyl groups is 4. The average molecular weight is 206 g/mol. The highest BCUT2D eigenvalue weighted by Crippen LogP contribution is 2.21. The van der Waals surface area contributed by atoms with Gasteiger partial charge in [0, 0.05) is 0 Å². The number of hydrogen-bond acceptors (Lipinski definition) is 6. The molecule has 1 fully saturated rings. The molecule has 0 radical (unpaired) electrons. The summed E-state index contributed by atoms with van der Waals surface area (Å²) in [7, 11) is 0. The Bertz CT molecular complexity index is 194. The molecule has 0 bridgehead atoms. The molecule has 4 N–H and O–H groups in total. The Kier molecular flexibility index (Phi) is 3.85. The summed E-state index contributed by atoms with van der Waals surface area (Å²) in [6.45, 7) is 2.79. The average Bonchev–Trinajstić information content (AvgIpc) is 2.19. The van der Waals surface area contributed by atoms with Gasteiger partial charge >= 0.3 is 0 Å².